The number of nitrogens with zero attached hydrogens (tertiary/aromatic N) is 1. The van der Waals surface area contributed by atoms with Gasteiger partial charge in [-0.25, -0.2) is 0 Å². The van der Waals surface area contributed by atoms with E-state index in [0.29, 0.717) is 5.92 Å². The Kier molecular flexibility index (Phi) is 4.78. The summed E-state index contributed by atoms with van der Waals surface area (Å²) in [6.45, 7) is 3.95. The number of rotatable bonds is 5. The normalized spacial score (nSPS) is 25.2. The molecule has 3 nitrogen and oxygen atoms in total. The molecule has 1 aliphatic rings. The first-order valence-electron chi connectivity index (χ1n) is 6.68. The van der Waals surface area contributed by atoms with Crippen molar-refractivity contribution in [2.75, 3.05) is 13.1 Å². The second kappa shape index (κ2) is 6.34. The number of hydrogen-bond donors (Lipinski definition) is 1. The van der Waals surface area contributed by atoms with Crippen LogP contribution in [0.15, 0.2) is 16.8 Å². The SMILES string of the molecule is CCC1CCN(CCc2ccsc2)C(C(=O)O)C1. The summed E-state index contributed by atoms with van der Waals surface area (Å²) in [5, 5.41) is 13.6. The zero-order chi connectivity index (χ0) is 13.0. The van der Waals surface area contributed by atoms with Crippen molar-refractivity contribution in [1.82, 2.24) is 4.90 Å². The van der Waals surface area contributed by atoms with Gasteiger partial charge in [-0.1, -0.05) is 13.3 Å². The molecule has 1 aromatic heterocycles. The molecule has 4 heteroatoms. The third-order valence-corrected chi connectivity index (χ3v) is 4.68. The van der Waals surface area contributed by atoms with Crippen molar-refractivity contribution in [2.24, 2.45) is 5.92 Å². The van der Waals surface area contributed by atoms with Gasteiger partial charge in [0.05, 0.1) is 0 Å². The molecule has 1 saturated heterocycles. The summed E-state index contributed by atoms with van der Waals surface area (Å²) in [6.07, 6.45) is 4.02. The van der Waals surface area contributed by atoms with Gasteiger partial charge in [-0.05, 0) is 54.1 Å². The van der Waals surface area contributed by atoms with E-state index < -0.39 is 5.97 Å². The van der Waals surface area contributed by atoms with Gasteiger partial charge in [-0.3, -0.25) is 9.69 Å². The molecule has 1 fully saturated rings. The Morgan fingerprint density at radius 2 is 2.44 bits per heavy atom. The topological polar surface area (TPSA) is 40.5 Å². The summed E-state index contributed by atoms with van der Waals surface area (Å²) >= 11 is 1.70. The van der Waals surface area contributed by atoms with E-state index in [2.05, 4.69) is 28.7 Å². The number of carboxylic acids is 1. The maximum atomic E-state index is 11.3. The predicted octanol–water partition coefficient (Wildman–Crippen LogP) is 2.87. The molecule has 1 aromatic rings. The molecule has 2 atom stereocenters. The number of thiophene rings is 1. The van der Waals surface area contributed by atoms with Crippen LogP contribution < -0.4 is 0 Å². The minimum absolute atomic E-state index is 0.276. The first kappa shape index (κ1) is 13.6. The van der Waals surface area contributed by atoms with E-state index in [4.69, 9.17) is 0 Å². The van der Waals surface area contributed by atoms with Crippen molar-refractivity contribution in [3.63, 3.8) is 0 Å². The summed E-state index contributed by atoms with van der Waals surface area (Å²) in [6, 6.07) is 1.85. The lowest BCUT2D eigenvalue weighted by Crippen LogP contribution is -2.47. The molecule has 1 aliphatic heterocycles. The van der Waals surface area contributed by atoms with E-state index in [1.165, 1.54) is 5.56 Å². The van der Waals surface area contributed by atoms with Crippen molar-refractivity contribution in [1.29, 1.82) is 0 Å². The van der Waals surface area contributed by atoms with Gasteiger partial charge in [-0.15, -0.1) is 0 Å². The van der Waals surface area contributed by atoms with Crippen LogP contribution >= 0.6 is 11.3 Å². The zero-order valence-corrected chi connectivity index (χ0v) is 11.7. The van der Waals surface area contributed by atoms with E-state index in [0.717, 1.165) is 38.8 Å². The second-order valence-corrected chi connectivity index (χ2v) is 5.85. The van der Waals surface area contributed by atoms with E-state index >= 15 is 0 Å². The lowest BCUT2D eigenvalue weighted by Gasteiger charge is -2.36. The second-order valence-electron chi connectivity index (χ2n) is 5.07. The highest BCUT2D eigenvalue weighted by molar-refractivity contribution is 7.07. The molecule has 1 N–H and O–H groups in total. The number of aliphatic carboxylic acids is 1. The maximum absolute atomic E-state index is 11.3. The first-order chi connectivity index (χ1) is 8.70. The van der Waals surface area contributed by atoms with Gasteiger partial charge < -0.3 is 5.11 Å². The van der Waals surface area contributed by atoms with Crippen LogP contribution in [0.3, 0.4) is 0 Å². The van der Waals surface area contributed by atoms with E-state index in [-0.39, 0.29) is 6.04 Å². The van der Waals surface area contributed by atoms with Crippen LogP contribution in [0.25, 0.3) is 0 Å². The highest BCUT2D eigenvalue weighted by atomic mass is 32.1. The lowest BCUT2D eigenvalue weighted by molar-refractivity contribution is -0.145. The molecule has 0 saturated carbocycles. The summed E-state index contributed by atoms with van der Waals surface area (Å²) in [7, 11) is 0. The monoisotopic (exact) mass is 267 g/mol. The number of hydrogen-bond acceptors (Lipinski definition) is 3. The Labute approximate surface area is 112 Å². The first-order valence-corrected chi connectivity index (χ1v) is 7.63. The van der Waals surface area contributed by atoms with Crippen molar-refractivity contribution in [2.45, 2.75) is 38.6 Å². The fraction of sp³-hybridized carbons (Fsp3) is 0.643. The van der Waals surface area contributed by atoms with Gasteiger partial charge in [0.2, 0.25) is 0 Å². The summed E-state index contributed by atoms with van der Waals surface area (Å²) in [5.41, 5.74) is 1.32. The summed E-state index contributed by atoms with van der Waals surface area (Å²) in [5.74, 6) is -0.0676. The third kappa shape index (κ3) is 3.33. The van der Waals surface area contributed by atoms with Crippen LogP contribution in [0, 0.1) is 5.92 Å². The Bertz CT molecular complexity index is 377. The number of carboxylic acid groups (broad SMARTS) is 1. The maximum Gasteiger partial charge on any atom is 0.320 e. The zero-order valence-electron chi connectivity index (χ0n) is 10.8. The molecule has 0 spiro atoms. The average molecular weight is 267 g/mol. The van der Waals surface area contributed by atoms with Crippen LogP contribution in [0.1, 0.15) is 31.7 Å². The highest BCUT2D eigenvalue weighted by Gasteiger charge is 2.32. The van der Waals surface area contributed by atoms with Crippen molar-refractivity contribution in [3.8, 4) is 0 Å². The third-order valence-electron chi connectivity index (χ3n) is 3.95. The molecule has 2 heterocycles. The fourth-order valence-corrected chi connectivity index (χ4v) is 3.39. The molecule has 0 bridgehead atoms. The lowest BCUT2D eigenvalue weighted by atomic mass is 9.88. The Balaban J connectivity index is 1.91. The minimum atomic E-state index is -0.654. The molecule has 0 radical (unpaired) electrons. The molecule has 0 aliphatic carbocycles. The molecular weight excluding hydrogens is 246 g/mol. The van der Waals surface area contributed by atoms with E-state index in [1.807, 2.05) is 0 Å². The van der Waals surface area contributed by atoms with Gasteiger partial charge in [0, 0.05) is 6.54 Å². The molecule has 2 rings (SSSR count). The van der Waals surface area contributed by atoms with Crippen LogP contribution in [-0.2, 0) is 11.2 Å². The summed E-state index contributed by atoms with van der Waals surface area (Å²) in [4.78, 5) is 13.5. The van der Waals surface area contributed by atoms with Crippen LogP contribution in [0.5, 0.6) is 0 Å². The van der Waals surface area contributed by atoms with Crippen LogP contribution in [0.2, 0.25) is 0 Å². The van der Waals surface area contributed by atoms with Gasteiger partial charge in [0.1, 0.15) is 6.04 Å². The van der Waals surface area contributed by atoms with Crippen molar-refractivity contribution in [3.05, 3.63) is 22.4 Å². The Hall–Kier alpha value is -0.870. The predicted molar refractivity (Wildman–Crippen MR) is 74.0 cm³/mol. The number of piperidine rings is 1. The Morgan fingerprint density at radius 3 is 3.06 bits per heavy atom. The van der Waals surface area contributed by atoms with Gasteiger partial charge in [0.15, 0.2) is 0 Å². The van der Waals surface area contributed by atoms with Crippen LogP contribution in [-0.4, -0.2) is 35.1 Å². The molecule has 0 aromatic carbocycles. The number of carbonyl (C=O) groups is 1. The van der Waals surface area contributed by atoms with E-state index in [1.54, 1.807) is 11.3 Å². The average Bonchev–Trinajstić information content (AvgIpc) is 2.89. The molecule has 0 amide bonds. The van der Waals surface area contributed by atoms with Crippen LogP contribution in [0.4, 0.5) is 0 Å². The fourth-order valence-electron chi connectivity index (χ4n) is 2.69. The van der Waals surface area contributed by atoms with Gasteiger partial charge in [0.25, 0.3) is 0 Å². The quantitative estimate of drug-likeness (QED) is 0.892. The smallest absolute Gasteiger partial charge is 0.320 e. The summed E-state index contributed by atoms with van der Waals surface area (Å²) < 4.78 is 0. The molecular formula is C14H21NO2S. The van der Waals surface area contributed by atoms with Gasteiger partial charge >= 0.3 is 5.97 Å². The van der Waals surface area contributed by atoms with Crippen molar-refractivity contribution < 1.29 is 9.90 Å². The van der Waals surface area contributed by atoms with E-state index in [9.17, 15) is 9.90 Å². The minimum Gasteiger partial charge on any atom is -0.480 e. The largest absolute Gasteiger partial charge is 0.480 e. The van der Waals surface area contributed by atoms with Gasteiger partial charge in [-0.2, -0.15) is 11.3 Å². The molecule has 2 unspecified atom stereocenters. The molecule has 18 heavy (non-hydrogen) atoms. The Morgan fingerprint density at radius 1 is 1.61 bits per heavy atom. The number of likely N-dealkylation sites (tertiary alicyclic amines) is 1. The highest BCUT2D eigenvalue weighted by Crippen LogP contribution is 2.25. The van der Waals surface area contributed by atoms with Crippen molar-refractivity contribution >= 4 is 17.3 Å². The standard InChI is InChI=1S/C14H21NO2S/c1-2-11-3-6-15(13(9-11)14(16)17)7-4-12-5-8-18-10-12/h5,8,10-11,13H,2-4,6-7,9H2,1H3,(H,16,17). The molecule has 100 valence electrons.